The Bertz CT molecular complexity index is 787. The fourth-order valence-corrected chi connectivity index (χ4v) is 6.89. The zero-order valence-corrected chi connectivity index (χ0v) is 14.8. The van der Waals surface area contributed by atoms with Gasteiger partial charge in [-0.1, -0.05) is 6.07 Å². The van der Waals surface area contributed by atoms with Gasteiger partial charge in [0.2, 0.25) is 0 Å². The zero-order valence-electron chi connectivity index (χ0n) is 13.2. The molecule has 2 aromatic rings. The summed E-state index contributed by atoms with van der Waals surface area (Å²) >= 11 is 1.71. The summed E-state index contributed by atoms with van der Waals surface area (Å²) in [5.41, 5.74) is 0. The number of hydrogen-bond donors (Lipinski definition) is 0. The lowest BCUT2D eigenvalue weighted by Crippen LogP contribution is -2.67. The van der Waals surface area contributed by atoms with Crippen LogP contribution < -0.4 is 4.74 Å². The van der Waals surface area contributed by atoms with Gasteiger partial charge in [0, 0.05) is 42.8 Å². The first-order chi connectivity index (χ1) is 11.6. The Balaban J connectivity index is 1.43. The Kier molecular flexibility index (Phi) is 4.06. The van der Waals surface area contributed by atoms with Crippen LogP contribution in [0.25, 0.3) is 0 Å². The Morgan fingerprint density at radius 2 is 2.08 bits per heavy atom. The maximum atomic E-state index is 12.6. The number of aromatic nitrogens is 2. The van der Waals surface area contributed by atoms with Crippen molar-refractivity contribution < 1.29 is 13.2 Å². The lowest BCUT2D eigenvalue weighted by molar-refractivity contribution is 0.0580. The maximum Gasteiger partial charge on any atom is 0.316 e. The molecule has 8 heteroatoms. The molecule has 4 heterocycles. The van der Waals surface area contributed by atoms with Crippen molar-refractivity contribution in [3.05, 3.63) is 40.8 Å². The summed E-state index contributed by atoms with van der Waals surface area (Å²) in [5, 5.41) is 2.05. The first-order valence-electron chi connectivity index (χ1n) is 7.96. The van der Waals surface area contributed by atoms with Crippen molar-refractivity contribution in [1.82, 2.24) is 14.9 Å². The lowest BCUT2D eigenvalue weighted by Gasteiger charge is -2.49. The van der Waals surface area contributed by atoms with E-state index in [0.29, 0.717) is 32.1 Å². The predicted molar refractivity (Wildman–Crippen MR) is 91.7 cm³/mol. The smallest absolute Gasteiger partial charge is 0.316 e. The van der Waals surface area contributed by atoms with Crippen LogP contribution in [0.4, 0.5) is 0 Å². The quantitative estimate of drug-likeness (QED) is 0.802. The molecule has 0 amide bonds. The molecule has 4 rings (SSSR count). The molecular formula is C16H19N3O3S2. The number of sulfone groups is 1. The highest BCUT2D eigenvalue weighted by Crippen LogP contribution is 2.45. The van der Waals surface area contributed by atoms with E-state index in [1.807, 2.05) is 11.4 Å². The highest BCUT2D eigenvalue weighted by molar-refractivity contribution is 7.93. The molecule has 0 N–H and O–H groups in total. The topological polar surface area (TPSA) is 72.4 Å². The van der Waals surface area contributed by atoms with E-state index in [-0.39, 0.29) is 11.7 Å². The summed E-state index contributed by atoms with van der Waals surface area (Å²) < 4.78 is 30.2. The van der Waals surface area contributed by atoms with Gasteiger partial charge in [0.15, 0.2) is 9.84 Å². The average Bonchev–Trinajstić information content (AvgIpc) is 3.13. The van der Waals surface area contributed by atoms with Gasteiger partial charge in [-0.2, -0.15) is 0 Å². The van der Waals surface area contributed by atoms with Crippen molar-refractivity contribution in [3.63, 3.8) is 0 Å². The third-order valence-corrected chi connectivity index (χ3v) is 8.46. The largest absolute Gasteiger partial charge is 0.463 e. The van der Waals surface area contributed by atoms with E-state index in [1.54, 1.807) is 29.8 Å². The summed E-state index contributed by atoms with van der Waals surface area (Å²) in [6.07, 6.45) is 3.90. The molecule has 0 aliphatic carbocycles. The minimum Gasteiger partial charge on any atom is -0.463 e. The van der Waals surface area contributed by atoms with Crippen LogP contribution in [0, 0.1) is 5.92 Å². The highest BCUT2D eigenvalue weighted by Gasteiger charge is 2.61. The minimum atomic E-state index is -3.07. The van der Waals surface area contributed by atoms with Crippen molar-refractivity contribution in [2.45, 2.75) is 17.7 Å². The van der Waals surface area contributed by atoms with Crippen molar-refractivity contribution in [2.24, 2.45) is 5.92 Å². The van der Waals surface area contributed by atoms with Crippen molar-refractivity contribution in [1.29, 1.82) is 0 Å². The Labute approximate surface area is 145 Å². The Morgan fingerprint density at radius 3 is 2.79 bits per heavy atom. The molecule has 0 saturated carbocycles. The van der Waals surface area contributed by atoms with Gasteiger partial charge in [-0.15, -0.1) is 11.3 Å². The van der Waals surface area contributed by atoms with Crippen LogP contribution in [0.15, 0.2) is 36.0 Å². The van der Waals surface area contributed by atoms with Crippen molar-refractivity contribution in [2.75, 3.05) is 25.4 Å². The van der Waals surface area contributed by atoms with E-state index in [1.165, 1.54) is 4.88 Å². The van der Waals surface area contributed by atoms with Crippen LogP contribution in [-0.2, 0) is 16.4 Å². The van der Waals surface area contributed by atoms with Crippen LogP contribution >= 0.6 is 11.3 Å². The maximum absolute atomic E-state index is 12.6. The second-order valence-electron chi connectivity index (χ2n) is 6.44. The van der Waals surface area contributed by atoms with Gasteiger partial charge in [-0.25, -0.2) is 18.4 Å². The SMILES string of the molecule is O=S1(=O)CC[C@H](COc2ncccn2)C12CN(Cc1cccs1)C2. The van der Waals surface area contributed by atoms with Crippen LogP contribution in [-0.4, -0.2) is 53.5 Å². The molecule has 0 radical (unpaired) electrons. The Morgan fingerprint density at radius 1 is 1.29 bits per heavy atom. The summed E-state index contributed by atoms with van der Waals surface area (Å²) in [4.78, 5) is 11.6. The predicted octanol–water partition coefficient (Wildman–Crippen LogP) is 1.61. The fourth-order valence-electron chi connectivity index (χ4n) is 3.69. The second-order valence-corrected chi connectivity index (χ2v) is 9.92. The number of likely N-dealkylation sites (tertiary alicyclic amines) is 1. The lowest BCUT2D eigenvalue weighted by atomic mass is 9.83. The van der Waals surface area contributed by atoms with E-state index in [2.05, 4.69) is 20.9 Å². The summed E-state index contributed by atoms with van der Waals surface area (Å²) in [6.45, 7) is 2.37. The zero-order chi connectivity index (χ0) is 16.6. The molecule has 1 spiro atoms. The standard InChI is InChI=1S/C16H19N3O3S2/c20-24(21)8-4-13(10-22-15-17-5-2-6-18-15)16(24)11-19(12-16)9-14-3-1-7-23-14/h1-3,5-7,13H,4,8-12H2/t13-/m1/s1. The van der Waals surface area contributed by atoms with Crippen LogP contribution in [0.2, 0.25) is 0 Å². The van der Waals surface area contributed by atoms with Crippen LogP contribution in [0.3, 0.4) is 0 Å². The first kappa shape index (κ1) is 16.0. The van der Waals surface area contributed by atoms with E-state index >= 15 is 0 Å². The molecule has 0 bridgehead atoms. The van der Waals surface area contributed by atoms with Gasteiger partial charge in [0.25, 0.3) is 0 Å². The summed E-state index contributed by atoms with van der Waals surface area (Å²) in [5.74, 6) is 0.259. The summed E-state index contributed by atoms with van der Waals surface area (Å²) in [6, 6.07) is 6.15. The highest BCUT2D eigenvalue weighted by atomic mass is 32.2. The molecule has 2 aliphatic heterocycles. The minimum absolute atomic E-state index is 0.00546. The number of nitrogens with zero attached hydrogens (tertiary/aromatic N) is 3. The summed E-state index contributed by atoms with van der Waals surface area (Å²) in [7, 11) is -3.07. The Hall–Kier alpha value is -1.51. The molecule has 6 nitrogen and oxygen atoms in total. The molecule has 128 valence electrons. The van der Waals surface area contributed by atoms with Gasteiger partial charge in [-0.05, 0) is 23.9 Å². The number of ether oxygens (including phenoxy) is 1. The van der Waals surface area contributed by atoms with E-state index < -0.39 is 14.6 Å². The average molecular weight is 365 g/mol. The molecule has 2 saturated heterocycles. The van der Waals surface area contributed by atoms with E-state index in [9.17, 15) is 8.42 Å². The second kappa shape index (κ2) is 6.09. The van der Waals surface area contributed by atoms with E-state index in [0.717, 1.165) is 6.54 Å². The first-order valence-corrected chi connectivity index (χ1v) is 10.5. The third-order valence-electron chi connectivity index (χ3n) is 5.00. The monoisotopic (exact) mass is 365 g/mol. The molecule has 24 heavy (non-hydrogen) atoms. The molecule has 2 fully saturated rings. The van der Waals surface area contributed by atoms with E-state index in [4.69, 9.17) is 4.74 Å². The van der Waals surface area contributed by atoms with Gasteiger partial charge >= 0.3 is 6.01 Å². The number of thiophene rings is 1. The number of rotatable bonds is 5. The van der Waals surface area contributed by atoms with Crippen molar-refractivity contribution in [3.8, 4) is 6.01 Å². The molecule has 0 unspecified atom stereocenters. The van der Waals surface area contributed by atoms with Gasteiger partial charge in [0.1, 0.15) is 4.75 Å². The van der Waals surface area contributed by atoms with Gasteiger partial charge < -0.3 is 4.74 Å². The van der Waals surface area contributed by atoms with Crippen molar-refractivity contribution >= 4 is 21.2 Å². The number of hydrogen-bond acceptors (Lipinski definition) is 7. The molecular weight excluding hydrogens is 346 g/mol. The molecule has 0 aromatic carbocycles. The molecule has 2 aliphatic rings. The normalized spacial score (nSPS) is 24.8. The van der Waals surface area contributed by atoms with Crippen LogP contribution in [0.1, 0.15) is 11.3 Å². The molecule has 1 atom stereocenters. The fraction of sp³-hybridized carbons (Fsp3) is 0.500. The van der Waals surface area contributed by atoms with Crippen LogP contribution in [0.5, 0.6) is 6.01 Å². The van der Waals surface area contributed by atoms with Gasteiger partial charge in [-0.3, -0.25) is 4.90 Å². The molecule has 2 aromatic heterocycles. The third kappa shape index (κ3) is 2.72. The van der Waals surface area contributed by atoms with Gasteiger partial charge in [0.05, 0.1) is 12.4 Å².